The summed E-state index contributed by atoms with van der Waals surface area (Å²) in [5.41, 5.74) is 0.509. The SMILES string of the molecule is COc1cc(NC(=O)NCCNc2cc(-n3cccn3)nc(C)n2)cc(OC)c1OC. The third-order valence-corrected chi connectivity index (χ3v) is 4.20. The molecule has 2 amide bonds. The van der Waals surface area contributed by atoms with Crippen molar-refractivity contribution in [3.05, 3.63) is 42.5 Å². The fourth-order valence-electron chi connectivity index (χ4n) is 2.86. The number of nitrogens with zero attached hydrogens (tertiary/aromatic N) is 4. The smallest absolute Gasteiger partial charge is 0.319 e. The molecular weight excluding hydrogens is 402 g/mol. The van der Waals surface area contributed by atoms with Crippen LogP contribution in [0.2, 0.25) is 0 Å². The summed E-state index contributed by atoms with van der Waals surface area (Å²) in [6.45, 7) is 2.65. The first kappa shape index (κ1) is 21.7. The van der Waals surface area contributed by atoms with Gasteiger partial charge < -0.3 is 30.2 Å². The highest BCUT2D eigenvalue weighted by atomic mass is 16.5. The van der Waals surface area contributed by atoms with E-state index in [4.69, 9.17) is 14.2 Å². The van der Waals surface area contributed by atoms with Crippen LogP contribution >= 0.6 is 0 Å². The van der Waals surface area contributed by atoms with Gasteiger partial charge in [-0.2, -0.15) is 5.10 Å². The molecule has 164 valence electrons. The highest BCUT2D eigenvalue weighted by Crippen LogP contribution is 2.39. The lowest BCUT2D eigenvalue weighted by atomic mass is 10.2. The number of urea groups is 1. The molecule has 2 heterocycles. The van der Waals surface area contributed by atoms with Crippen molar-refractivity contribution < 1.29 is 19.0 Å². The van der Waals surface area contributed by atoms with E-state index < -0.39 is 0 Å². The lowest BCUT2D eigenvalue weighted by Crippen LogP contribution is -2.32. The largest absolute Gasteiger partial charge is 0.493 e. The van der Waals surface area contributed by atoms with E-state index in [-0.39, 0.29) is 6.03 Å². The first-order valence-electron chi connectivity index (χ1n) is 9.48. The molecule has 0 aliphatic rings. The summed E-state index contributed by atoms with van der Waals surface area (Å²) in [5, 5.41) is 12.9. The van der Waals surface area contributed by atoms with Gasteiger partial charge >= 0.3 is 6.03 Å². The standard InChI is InChI=1S/C20H25N7O4/c1-13-24-17(12-18(25-13)27-9-5-6-23-27)21-7-8-22-20(28)26-14-10-15(29-2)19(31-4)16(11-14)30-3/h5-6,9-12H,7-8H2,1-4H3,(H,21,24,25)(H2,22,26,28). The van der Waals surface area contributed by atoms with E-state index in [1.807, 2.05) is 6.07 Å². The van der Waals surface area contributed by atoms with Crippen LogP contribution in [-0.2, 0) is 0 Å². The molecule has 0 aliphatic carbocycles. The number of carbonyl (C=O) groups excluding carboxylic acids is 1. The molecule has 0 radical (unpaired) electrons. The molecular formula is C20H25N7O4. The molecule has 0 saturated carbocycles. The minimum atomic E-state index is -0.368. The van der Waals surface area contributed by atoms with E-state index in [0.29, 0.717) is 53.5 Å². The third-order valence-electron chi connectivity index (χ3n) is 4.20. The molecule has 3 rings (SSSR count). The van der Waals surface area contributed by atoms with Gasteiger partial charge in [0.25, 0.3) is 0 Å². The van der Waals surface area contributed by atoms with Gasteiger partial charge in [0.1, 0.15) is 11.6 Å². The van der Waals surface area contributed by atoms with E-state index in [1.165, 1.54) is 21.3 Å². The molecule has 0 fully saturated rings. The molecule has 0 unspecified atom stereocenters. The summed E-state index contributed by atoms with van der Waals surface area (Å²) >= 11 is 0. The number of ether oxygens (including phenoxy) is 3. The predicted octanol–water partition coefficient (Wildman–Crippen LogP) is 2.23. The topological polar surface area (TPSA) is 124 Å². The second-order valence-corrected chi connectivity index (χ2v) is 6.33. The number of aromatic nitrogens is 4. The van der Waals surface area contributed by atoms with E-state index in [0.717, 1.165) is 0 Å². The Bertz CT molecular complexity index is 999. The summed E-state index contributed by atoms with van der Waals surface area (Å²) in [6.07, 6.45) is 3.49. The maximum absolute atomic E-state index is 12.2. The first-order valence-corrected chi connectivity index (χ1v) is 9.48. The van der Waals surface area contributed by atoms with Crippen LogP contribution in [0.1, 0.15) is 5.82 Å². The lowest BCUT2D eigenvalue weighted by molar-refractivity contribution is 0.252. The molecule has 0 spiro atoms. The minimum Gasteiger partial charge on any atom is -0.493 e. The molecule has 3 N–H and O–H groups in total. The van der Waals surface area contributed by atoms with Crippen molar-refractivity contribution >= 4 is 17.5 Å². The Morgan fingerprint density at radius 3 is 2.39 bits per heavy atom. The number of hydrogen-bond donors (Lipinski definition) is 3. The number of anilines is 2. The van der Waals surface area contributed by atoms with Crippen LogP contribution in [0.3, 0.4) is 0 Å². The Morgan fingerprint density at radius 1 is 1.03 bits per heavy atom. The van der Waals surface area contributed by atoms with E-state index in [9.17, 15) is 4.79 Å². The zero-order valence-electron chi connectivity index (χ0n) is 17.8. The molecule has 2 aromatic heterocycles. The number of methoxy groups -OCH3 is 3. The van der Waals surface area contributed by atoms with Gasteiger partial charge in [0.05, 0.1) is 27.0 Å². The number of aryl methyl sites for hydroxylation is 1. The third kappa shape index (κ3) is 5.53. The molecule has 0 bridgehead atoms. The lowest BCUT2D eigenvalue weighted by Gasteiger charge is -2.15. The van der Waals surface area contributed by atoms with Gasteiger partial charge in [-0.25, -0.2) is 19.4 Å². The molecule has 0 atom stereocenters. The molecule has 11 heteroatoms. The molecule has 11 nitrogen and oxygen atoms in total. The maximum Gasteiger partial charge on any atom is 0.319 e. The van der Waals surface area contributed by atoms with Gasteiger partial charge in [-0.05, 0) is 13.0 Å². The zero-order valence-corrected chi connectivity index (χ0v) is 17.8. The van der Waals surface area contributed by atoms with Crippen LogP contribution in [0.4, 0.5) is 16.3 Å². The van der Waals surface area contributed by atoms with Gasteiger partial charge in [-0.3, -0.25) is 0 Å². The summed E-state index contributed by atoms with van der Waals surface area (Å²) in [5.74, 6) is 3.27. The second-order valence-electron chi connectivity index (χ2n) is 6.33. The van der Waals surface area contributed by atoms with Crippen molar-refractivity contribution in [2.24, 2.45) is 0 Å². The summed E-state index contributed by atoms with van der Waals surface area (Å²) in [4.78, 5) is 21.0. The molecule has 31 heavy (non-hydrogen) atoms. The predicted molar refractivity (Wildman–Crippen MR) is 116 cm³/mol. The highest BCUT2D eigenvalue weighted by Gasteiger charge is 2.14. The summed E-state index contributed by atoms with van der Waals surface area (Å²) < 4.78 is 17.5. The number of carbonyl (C=O) groups is 1. The number of hydrogen-bond acceptors (Lipinski definition) is 8. The number of benzene rings is 1. The average Bonchev–Trinajstić information content (AvgIpc) is 3.30. The van der Waals surface area contributed by atoms with Crippen LogP contribution in [0.5, 0.6) is 17.2 Å². The number of rotatable bonds is 9. The number of nitrogens with one attached hydrogen (secondary N) is 3. The highest BCUT2D eigenvalue weighted by molar-refractivity contribution is 5.90. The van der Waals surface area contributed by atoms with Crippen molar-refractivity contribution in [3.63, 3.8) is 0 Å². The normalized spacial score (nSPS) is 10.3. The van der Waals surface area contributed by atoms with E-state index in [2.05, 4.69) is 31.0 Å². The zero-order chi connectivity index (χ0) is 22.2. The van der Waals surface area contributed by atoms with Gasteiger partial charge in [0.2, 0.25) is 5.75 Å². The van der Waals surface area contributed by atoms with Gasteiger partial charge in [-0.15, -0.1) is 0 Å². The van der Waals surface area contributed by atoms with Crippen molar-refractivity contribution in [2.75, 3.05) is 45.1 Å². The maximum atomic E-state index is 12.2. The quantitative estimate of drug-likeness (QED) is 0.444. The van der Waals surface area contributed by atoms with Crippen molar-refractivity contribution in [2.45, 2.75) is 6.92 Å². The summed E-state index contributed by atoms with van der Waals surface area (Å²) in [6, 6.07) is 6.54. The Kier molecular flexibility index (Phi) is 7.09. The van der Waals surface area contributed by atoms with Gasteiger partial charge in [-0.1, -0.05) is 0 Å². The molecule has 0 saturated heterocycles. The average molecular weight is 427 g/mol. The van der Waals surface area contributed by atoms with Gasteiger partial charge in [0.15, 0.2) is 17.3 Å². The Hall–Kier alpha value is -4.02. The number of amides is 2. The molecule has 0 aliphatic heterocycles. The van der Waals surface area contributed by atoms with Crippen LogP contribution < -0.4 is 30.2 Å². The fraction of sp³-hybridized carbons (Fsp3) is 0.300. The van der Waals surface area contributed by atoms with Crippen LogP contribution in [-0.4, -0.2) is 60.2 Å². The Labute approximate surface area is 179 Å². The Morgan fingerprint density at radius 2 is 1.77 bits per heavy atom. The fourth-order valence-corrected chi connectivity index (χ4v) is 2.86. The molecule has 3 aromatic rings. The second kappa shape index (κ2) is 10.1. The van der Waals surface area contributed by atoms with Crippen LogP contribution in [0, 0.1) is 6.92 Å². The first-order chi connectivity index (χ1) is 15.0. The van der Waals surface area contributed by atoms with E-state index in [1.54, 1.807) is 42.2 Å². The van der Waals surface area contributed by atoms with Crippen molar-refractivity contribution in [1.29, 1.82) is 0 Å². The monoisotopic (exact) mass is 427 g/mol. The van der Waals surface area contributed by atoms with Crippen molar-refractivity contribution in [1.82, 2.24) is 25.1 Å². The van der Waals surface area contributed by atoms with Crippen LogP contribution in [0.15, 0.2) is 36.7 Å². The summed E-state index contributed by atoms with van der Waals surface area (Å²) in [7, 11) is 4.54. The van der Waals surface area contributed by atoms with Crippen LogP contribution in [0.25, 0.3) is 5.82 Å². The van der Waals surface area contributed by atoms with Gasteiger partial charge in [0, 0.05) is 43.7 Å². The Balaban J connectivity index is 1.53. The molecule has 1 aromatic carbocycles. The van der Waals surface area contributed by atoms with Crippen molar-refractivity contribution in [3.8, 4) is 23.1 Å². The minimum absolute atomic E-state index is 0.368. The van der Waals surface area contributed by atoms with E-state index >= 15 is 0 Å².